The van der Waals surface area contributed by atoms with Crippen molar-refractivity contribution in [1.82, 2.24) is 15.6 Å². The largest absolute Gasteiger partial charge is 0.573 e. The number of carbonyl (C=O) groups is 1. The maximum absolute atomic E-state index is 12.0. The van der Waals surface area contributed by atoms with Gasteiger partial charge in [-0.05, 0) is 12.1 Å². The van der Waals surface area contributed by atoms with Crippen molar-refractivity contribution in [3.63, 3.8) is 0 Å². The summed E-state index contributed by atoms with van der Waals surface area (Å²) in [7, 11) is 0. The van der Waals surface area contributed by atoms with E-state index in [1.54, 1.807) is 0 Å². The van der Waals surface area contributed by atoms with Gasteiger partial charge in [-0.15, -0.1) is 13.2 Å². The molecule has 1 aromatic heterocycles. The van der Waals surface area contributed by atoms with Gasteiger partial charge in [0.2, 0.25) is 0 Å². The molecule has 20 heavy (non-hydrogen) atoms. The van der Waals surface area contributed by atoms with Crippen LogP contribution in [0.5, 0.6) is 5.75 Å². The number of hydrogen-bond donors (Lipinski definition) is 2. The Kier molecular flexibility index (Phi) is 3.85. The van der Waals surface area contributed by atoms with E-state index in [-0.39, 0.29) is 11.1 Å². The first kappa shape index (κ1) is 14.6. The van der Waals surface area contributed by atoms with E-state index in [4.69, 9.17) is 0 Å². The van der Waals surface area contributed by atoms with Gasteiger partial charge in [-0.2, -0.15) is 0 Å². The van der Waals surface area contributed by atoms with E-state index in [0.717, 1.165) is 25.4 Å². The van der Waals surface area contributed by atoms with Crippen LogP contribution in [-0.2, 0) is 0 Å². The average Bonchev–Trinajstić information content (AvgIpc) is 2.32. The highest BCUT2D eigenvalue weighted by Crippen LogP contribution is 2.22. The Hall–Kier alpha value is -1.83. The summed E-state index contributed by atoms with van der Waals surface area (Å²) in [6.07, 6.45) is -3.90. The first-order valence-corrected chi connectivity index (χ1v) is 5.98. The van der Waals surface area contributed by atoms with Crippen LogP contribution in [0.4, 0.5) is 13.2 Å². The van der Waals surface area contributed by atoms with Gasteiger partial charge in [0, 0.05) is 25.0 Å². The van der Waals surface area contributed by atoms with Gasteiger partial charge in [-0.3, -0.25) is 4.79 Å². The molecule has 0 atom stereocenters. The van der Waals surface area contributed by atoms with Crippen molar-refractivity contribution in [2.24, 2.45) is 5.41 Å². The third-order valence-electron chi connectivity index (χ3n) is 2.98. The lowest BCUT2D eigenvalue weighted by molar-refractivity contribution is -0.274. The second-order valence-corrected chi connectivity index (χ2v) is 5.02. The predicted octanol–water partition coefficient (Wildman–Crippen LogP) is 1.32. The van der Waals surface area contributed by atoms with E-state index in [1.165, 1.54) is 6.07 Å². The summed E-state index contributed by atoms with van der Waals surface area (Å²) in [6.45, 7) is 4.15. The molecule has 1 aliphatic rings. The highest BCUT2D eigenvalue weighted by molar-refractivity contribution is 5.92. The summed E-state index contributed by atoms with van der Waals surface area (Å²) < 4.78 is 39.6. The van der Waals surface area contributed by atoms with Gasteiger partial charge in [-0.1, -0.05) is 6.92 Å². The van der Waals surface area contributed by atoms with Crippen molar-refractivity contribution < 1.29 is 22.7 Å². The van der Waals surface area contributed by atoms with E-state index >= 15 is 0 Å². The molecule has 1 aromatic rings. The van der Waals surface area contributed by atoms with Crippen LogP contribution in [0.1, 0.15) is 17.4 Å². The lowest BCUT2D eigenvalue weighted by atomic mass is 9.84. The number of pyridine rings is 1. The number of nitrogens with zero attached hydrogens (tertiary/aromatic N) is 1. The van der Waals surface area contributed by atoms with Crippen LogP contribution in [-0.4, -0.2) is 36.9 Å². The summed E-state index contributed by atoms with van der Waals surface area (Å²) in [5.41, 5.74) is 0.0741. The van der Waals surface area contributed by atoms with Crippen molar-refractivity contribution >= 4 is 5.91 Å². The Bertz CT molecular complexity index is 484. The maximum atomic E-state index is 12.0. The minimum Gasteiger partial charge on any atom is -0.404 e. The Morgan fingerprint density at radius 2 is 2.20 bits per heavy atom. The molecule has 5 nitrogen and oxygen atoms in total. The van der Waals surface area contributed by atoms with Gasteiger partial charge in [0.25, 0.3) is 5.91 Å². The van der Waals surface area contributed by atoms with Crippen LogP contribution in [0.15, 0.2) is 18.3 Å². The number of rotatable bonds is 4. The number of halogens is 3. The first-order valence-electron chi connectivity index (χ1n) is 5.98. The molecule has 0 radical (unpaired) electrons. The molecule has 8 heteroatoms. The molecule has 0 spiro atoms. The van der Waals surface area contributed by atoms with Gasteiger partial charge >= 0.3 is 6.36 Å². The topological polar surface area (TPSA) is 63.2 Å². The second kappa shape index (κ2) is 5.28. The van der Waals surface area contributed by atoms with Crippen LogP contribution >= 0.6 is 0 Å². The zero-order valence-corrected chi connectivity index (χ0v) is 10.8. The van der Waals surface area contributed by atoms with Gasteiger partial charge in [0.15, 0.2) is 0 Å². The third-order valence-corrected chi connectivity index (χ3v) is 2.98. The van der Waals surface area contributed by atoms with Crippen LogP contribution in [0.3, 0.4) is 0 Å². The number of ether oxygens (including phenoxy) is 1. The zero-order valence-electron chi connectivity index (χ0n) is 10.8. The van der Waals surface area contributed by atoms with Gasteiger partial charge < -0.3 is 15.4 Å². The number of carbonyl (C=O) groups excluding carboxylic acids is 1. The van der Waals surface area contributed by atoms with Crippen LogP contribution in [0.2, 0.25) is 0 Å². The number of aromatic nitrogens is 1. The van der Waals surface area contributed by atoms with E-state index in [0.29, 0.717) is 6.54 Å². The third kappa shape index (κ3) is 3.83. The fraction of sp³-hybridized carbons (Fsp3) is 0.500. The lowest BCUT2D eigenvalue weighted by Crippen LogP contribution is -2.57. The van der Waals surface area contributed by atoms with E-state index in [1.807, 2.05) is 6.92 Å². The average molecular weight is 289 g/mol. The van der Waals surface area contributed by atoms with Crippen LogP contribution in [0, 0.1) is 5.41 Å². The highest BCUT2D eigenvalue weighted by atomic mass is 19.4. The molecular weight excluding hydrogens is 275 g/mol. The Morgan fingerprint density at radius 1 is 1.50 bits per heavy atom. The summed E-state index contributed by atoms with van der Waals surface area (Å²) in [4.78, 5) is 15.4. The normalized spacial score (nSPS) is 17.2. The summed E-state index contributed by atoms with van der Waals surface area (Å²) in [5.74, 6) is -0.874. The van der Waals surface area contributed by atoms with E-state index in [2.05, 4.69) is 20.4 Å². The predicted molar refractivity (Wildman–Crippen MR) is 64.2 cm³/mol. The SMILES string of the molecule is CC1(CNC(=O)c2ccc(OC(F)(F)F)cn2)CNC1. The summed E-state index contributed by atoms with van der Waals surface area (Å²) >= 11 is 0. The molecule has 0 unspecified atom stereocenters. The fourth-order valence-electron chi connectivity index (χ4n) is 1.77. The highest BCUT2D eigenvalue weighted by Gasteiger charge is 2.32. The van der Waals surface area contributed by atoms with Gasteiger partial charge in [-0.25, -0.2) is 4.98 Å². The quantitative estimate of drug-likeness (QED) is 0.877. The molecular formula is C12H14F3N3O2. The first-order chi connectivity index (χ1) is 9.27. The summed E-state index contributed by atoms with van der Waals surface area (Å²) in [6, 6.07) is 2.25. The Morgan fingerprint density at radius 3 is 2.65 bits per heavy atom. The molecule has 2 rings (SSSR count). The monoisotopic (exact) mass is 289 g/mol. The van der Waals surface area contributed by atoms with Crippen molar-refractivity contribution in [1.29, 1.82) is 0 Å². The number of nitrogens with one attached hydrogen (secondary N) is 2. The number of hydrogen-bond acceptors (Lipinski definition) is 4. The Balaban J connectivity index is 1.90. The fourth-order valence-corrected chi connectivity index (χ4v) is 1.77. The standard InChI is InChI=1S/C12H14F3N3O2/c1-11(5-16-6-11)7-18-10(19)9-3-2-8(4-17-9)20-12(13,14)15/h2-4,16H,5-7H2,1H3,(H,18,19). The molecule has 0 aliphatic carbocycles. The van der Waals surface area contributed by atoms with E-state index in [9.17, 15) is 18.0 Å². The molecule has 0 saturated carbocycles. The molecule has 1 saturated heterocycles. The van der Waals surface area contributed by atoms with Crippen molar-refractivity contribution in [2.45, 2.75) is 13.3 Å². The van der Waals surface area contributed by atoms with Crippen LogP contribution in [0.25, 0.3) is 0 Å². The minimum absolute atomic E-state index is 0.0228. The molecule has 0 aromatic carbocycles. The van der Waals surface area contributed by atoms with Crippen molar-refractivity contribution in [2.75, 3.05) is 19.6 Å². The molecule has 2 heterocycles. The van der Waals surface area contributed by atoms with Crippen molar-refractivity contribution in [3.05, 3.63) is 24.0 Å². The van der Waals surface area contributed by atoms with Crippen molar-refractivity contribution in [3.8, 4) is 5.75 Å². The van der Waals surface area contributed by atoms with E-state index < -0.39 is 18.0 Å². The molecule has 1 amide bonds. The van der Waals surface area contributed by atoms with Gasteiger partial charge in [0.05, 0.1) is 6.20 Å². The smallest absolute Gasteiger partial charge is 0.404 e. The number of amides is 1. The van der Waals surface area contributed by atoms with Crippen LogP contribution < -0.4 is 15.4 Å². The zero-order chi connectivity index (χ0) is 14.8. The molecule has 1 fully saturated rings. The summed E-state index contributed by atoms with van der Waals surface area (Å²) in [5, 5.41) is 5.81. The molecule has 0 bridgehead atoms. The van der Waals surface area contributed by atoms with Gasteiger partial charge in [0.1, 0.15) is 11.4 Å². The molecule has 110 valence electrons. The number of alkyl halides is 3. The lowest BCUT2D eigenvalue weighted by Gasteiger charge is -2.39. The molecule has 1 aliphatic heterocycles. The minimum atomic E-state index is -4.77. The Labute approximate surface area is 113 Å². The molecule has 2 N–H and O–H groups in total. The second-order valence-electron chi connectivity index (χ2n) is 5.02. The maximum Gasteiger partial charge on any atom is 0.573 e.